The zero-order valence-corrected chi connectivity index (χ0v) is 14.2. The molecule has 2 aromatic rings. The van der Waals surface area contributed by atoms with Crippen LogP contribution >= 0.6 is 0 Å². The van der Waals surface area contributed by atoms with Crippen molar-refractivity contribution in [2.45, 2.75) is 30.3 Å². The Morgan fingerprint density at radius 2 is 1.96 bits per heavy atom. The van der Waals surface area contributed by atoms with Crippen LogP contribution in [0.25, 0.3) is 0 Å². The van der Waals surface area contributed by atoms with E-state index in [1.807, 2.05) is 18.2 Å². The molecule has 1 saturated carbocycles. The molecular weight excluding hydrogens is 322 g/mol. The van der Waals surface area contributed by atoms with Crippen LogP contribution in [-0.2, 0) is 16.6 Å². The van der Waals surface area contributed by atoms with Gasteiger partial charge in [-0.1, -0.05) is 24.3 Å². The molecule has 0 spiro atoms. The van der Waals surface area contributed by atoms with E-state index in [0.29, 0.717) is 11.9 Å². The first-order chi connectivity index (χ1) is 11.6. The highest BCUT2D eigenvalue weighted by atomic mass is 32.2. The first-order valence-electron chi connectivity index (χ1n) is 7.96. The Bertz CT molecular complexity index is 785. The maximum absolute atomic E-state index is 12.4. The van der Waals surface area contributed by atoms with E-state index >= 15 is 0 Å². The molecule has 0 saturated heterocycles. The van der Waals surface area contributed by atoms with Crippen molar-refractivity contribution in [3.05, 3.63) is 66.9 Å². The van der Waals surface area contributed by atoms with E-state index in [4.69, 9.17) is 0 Å². The van der Waals surface area contributed by atoms with Crippen molar-refractivity contribution in [2.75, 3.05) is 11.3 Å². The second-order valence-electron chi connectivity index (χ2n) is 5.91. The van der Waals surface area contributed by atoms with Crippen molar-refractivity contribution in [2.24, 2.45) is 0 Å². The molecule has 0 bridgehead atoms. The minimum absolute atomic E-state index is 0.235. The van der Waals surface area contributed by atoms with Crippen LogP contribution in [-0.4, -0.2) is 30.9 Å². The summed E-state index contributed by atoms with van der Waals surface area (Å²) in [4.78, 5) is 6.59. The predicted molar refractivity (Wildman–Crippen MR) is 95.1 cm³/mol. The number of aromatic nitrogens is 1. The Morgan fingerprint density at radius 1 is 1.21 bits per heavy atom. The maximum Gasteiger partial charge on any atom is 0.263 e. The number of benzene rings is 1. The standard InChI is InChI=1S/C18H21N3O2S/c1-2-13-21(16-8-9-16)14-15-6-10-17(11-7-15)24(22,23)20-18-5-3-4-12-19-18/h2-7,10-12,16H,1,8-9,13-14H2,(H,19,20). The molecule has 6 heteroatoms. The Morgan fingerprint density at radius 3 is 2.54 bits per heavy atom. The Balaban J connectivity index is 1.70. The molecule has 1 N–H and O–H groups in total. The molecule has 1 aromatic carbocycles. The summed E-state index contributed by atoms with van der Waals surface area (Å²) in [5, 5.41) is 0. The molecule has 126 valence electrons. The van der Waals surface area contributed by atoms with E-state index in [1.165, 1.54) is 12.8 Å². The molecule has 0 amide bonds. The van der Waals surface area contributed by atoms with Gasteiger partial charge in [0.05, 0.1) is 4.90 Å². The van der Waals surface area contributed by atoms with E-state index < -0.39 is 10.0 Å². The molecule has 3 rings (SSSR count). The fraction of sp³-hybridized carbons (Fsp3) is 0.278. The second-order valence-corrected chi connectivity index (χ2v) is 7.60. The summed E-state index contributed by atoms with van der Waals surface area (Å²) in [5.41, 5.74) is 1.10. The van der Waals surface area contributed by atoms with Crippen molar-refractivity contribution in [1.29, 1.82) is 0 Å². The third-order valence-electron chi connectivity index (χ3n) is 3.95. The summed E-state index contributed by atoms with van der Waals surface area (Å²) in [6.45, 7) is 5.47. The van der Waals surface area contributed by atoms with Crippen molar-refractivity contribution >= 4 is 15.8 Å². The van der Waals surface area contributed by atoms with Gasteiger partial charge < -0.3 is 0 Å². The van der Waals surface area contributed by atoms with Gasteiger partial charge in [-0.05, 0) is 42.7 Å². The van der Waals surface area contributed by atoms with Crippen LogP contribution in [0.3, 0.4) is 0 Å². The van der Waals surface area contributed by atoms with Crippen molar-refractivity contribution in [3.8, 4) is 0 Å². The molecule has 1 fully saturated rings. The number of sulfonamides is 1. The van der Waals surface area contributed by atoms with Crippen LogP contribution in [0, 0.1) is 0 Å². The van der Waals surface area contributed by atoms with Crippen LogP contribution < -0.4 is 4.72 Å². The van der Waals surface area contributed by atoms with Crippen molar-refractivity contribution < 1.29 is 8.42 Å². The van der Waals surface area contributed by atoms with E-state index in [9.17, 15) is 8.42 Å². The van der Waals surface area contributed by atoms with E-state index in [1.54, 1.807) is 36.5 Å². The van der Waals surface area contributed by atoms with Crippen molar-refractivity contribution in [1.82, 2.24) is 9.88 Å². The highest BCUT2D eigenvalue weighted by Gasteiger charge is 2.28. The number of rotatable bonds is 8. The number of nitrogens with one attached hydrogen (secondary N) is 1. The van der Waals surface area contributed by atoms with Gasteiger partial charge in [-0.3, -0.25) is 9.62 Å². The van der Waals surface area contributed by atoms with Crippen LogP contribution in [0.2, 0.25) is 0 Å². The summed E-state index contributed by atoms with van der Waals surface area (Å²) >= 11 is 0. The van der Waals surface area contributed by atoms with Gasteiger partial charge in [-0.25, -0.2) is 13.4 Å². The van der Waals surface area contributed by atoms with Gasteiger partial charge in [0.1, 0.15) is 5.82 Å². The SMILES string of the molecule is C=CCN(Cc1ccc(S(=O)(=O)Nc2ccccn2)cc1)C1CC1. The molecular formula is C18H21N3O2S. The van der Waals surface area contributed by atoms with Crippen LogP contribution in [0.5, 0.6) is 0 Å². The van der Waals surface area contributed by atoms with Gasteiger partial charge in [0.25, 0.3) is 10.0 Å². The van der Waals surface area contributed by atoms with E-state index in [0.717, 1.165) is 18.7 Å². The lowest BCUT2D eigenvalue weighted by Gasteiger charge is -2.20. The third-order valence-corrected chi connectivity index (χ3v) is 5.32. The van der Waals surface area contributed by atoms with Crippen LogP contribution in [0.4, 0.5) is 5.82 Å². The molecule has 0 radical (unpaired) electrons. The first-order valence-corrected chi connectivity index (χ1v) is 9.44. The fourth-order valence-corrected chi connectivity index (χ4v) is 3.58. The topological polar surface area (TPSA) is 62.3 Å². The largest absolute Gasteiger partial charge is 0.292 e. The monoisotopic (exact) mass is 343 g/mol. The summed E-state index contributed by atoms with van der Waals surface area (Å²) < 4.78 is 27.2. The summed E-state index contributed by atoms with van der Waals surface area (Å²) in [5.74, 6) is 0.312. The Hall–Kier alpha value is -2.18. The minimum Gasteiger partial charge on any atom is -0.292 e. The summed E-state index contributed by atoms with van der Waals surface area (Å²) in [7, 11) is -3.62. The number of hydrogen-bond donors (Lipinski definition) is 1. The van der Waals surface area contributed by atoms with Gasteiger partial charge in [-0.15, -0.1) is 6.58 Å². The lowest BCUT2D eigenvalue weighted by molar-refractivity contribution is 0.284. The molecule has 5 nitrogen and oxygen atoms in total. The molecule has 0 unspecified atom stereocenters. The highest BCUT2D eigenvalue weighted by molar-refractivity contribution is 7.92. The molecule has 24 heavy (non-hydrogen) atoms. The van der Waals surface area contributed by atoms with Gasteiger partial charge in [0.15, 0.2) is 0 Å². The first kappa shape index (κ1) is 16.7. The van der Waals surface area contributed by atoms with Gasteiger partial charge in [-0.2, -0.15) is 0 Å². The molecule has 1 aliphatic carbocycles. The predicted octanol–water partition coefficient (Wildman–Crippen LogP) is 3.03. The number of hydrogen-bond acceptors (Lipinski definition) is 4. The van der Waals surface area contributed by atoms with Gasteiger partial charge in [0, 0.05) is 25.3 Å². The maximum atomic E-state index is 12.4. The van der Waals surface area contributed by atoms with Gasteiger partial charge >= 0.3 is 0 Å². The zero-order valence-electron chi connectivity index (χ0n) is 13.4. The van der Waals surface area contributed by atoms with Crippen LogP contribution in [0.15, 0.2) is 66.2 Å². The minimum atomic E-state index is -3.62. The molecule has 1 aliphatic rings. The molecule has 1 aromatic heterocycles. The van der Waals surface area contributed by atoms with E-state index in [2.05, 4.69) is 21.2 Å². The average Bonchev–Trinajstić information content (AvgIpc) is 3.40. The van der Waals surface area contributed by atoms with E-state index in [-0.39, 0.29) is 4.90 Å². The van der Waals surface area contributed by atoms with Crippen LogP contribution in [0.1, 0.15) is 18.4 Å². The van der Waals surface area contributed by atoms with Gasteiger partial charge in [0.2, 0.25) is 0 Å². The fourth-order valence-electron chi connectivity index (χ4n) is 2.58. The normalized spacial score (nSPS) is 14.5. The Kier molecular flexibility index (Phi) is 4.97. The summed E-state index contributed by atoms with van der Waals surface area (Å²) in [6.07, 6.45) is 5.92. The number of anilines is 1. The quantitative estimate of drug-likeness (QED) is 0.749. The lowest BCUT2D eigenvalue weighted by Crippen LogP contribution is -2.25. The Labute approximate surface area is 143 Å². The second kappa shape index (κ2) is 7.15. The molecule has 0 atom stereocenters. The molecule has 1 heterocycles. The average molecular weight is 343 g/mol. The summed E-state index contributed by atoms with van der Waals surface area (Å²) in [6, 6.07) is 12.7. The molecule has 0 aliphatic heterocycles. The van der Waals surface area contributed by atoms with Crippen molar-refractivity contribution in [3.63, 3.8) is 0 Å². The highest BCUT2D eigenvalue weighted by Crippen LogP contribution is 2.28. The number of nitrogens with zero attached hydrogens (tertiary/aromatic N) is 2. The third kappa shape index (κ3) is 4.21. The zero-order chi connectivity index (χ0) is 17.0. The lowest BCUT2D eigenvalue weighted by atomic mass is 10.2. The smallest absolute Gasteiger partial charge is 0.263 e. The number of pyridine rings is 1.